The van der Waals surface area contributed by atoms with Crippen LogP contribution >= 0.6 is 11.6 Å². The molecule has 0 saturated heterocycles. The molecule has 0 bridgehead atoms. The van der Waals surface area contributed by atoms with Gasteiger partial charge in [0.25, 0.3) is 0 Å². The van der Waals surface area contributed by atoms with Crippen LogP contribution < -0.4 is 24.8 Å². The van der Waals surface area contributed by atoms with E-state index in [2.05, 4.69) is 25.3 Å². The van der Waals surface area contributed by atoms with Crippen molar-refractivity contribution in [3.05, 3.63) is 29.2 Å². The van der Waals surface area contributed by atoms with Gasteiger partial charge in [0.05, 0.1) is 0 Å². The number of hydrogen-bond acceptors (Lipinski definition) is 7. The van der Waals surface area contributed by atoms with E-state index in [9.17, 15) is 8.78 Å². The molecule has 0 amide bonds. The van der Waals surface area contributed by atoms with E-state index in [4.69, 9.17) is 21.1 Å². The monoisotopic (exact) mass is 358 g/mol. The quantitative estimate of drug-likeness (QED) is 0.768. The minimum Gasteiger partial charge on any atom is -0.454 e. The number of ether oxygens (including phenoxy) is 3. The third-order valence-electron chi connectivity index (χ3n) is 3.27. The van der Waals surface area contributed by atoms with Crippen molar-refractivity contribution in [3.8, 4) is 17.2 Å². The molecule has 0 unspecified atom stereocenters. The first kappa shape index (κ1) is 16.3. The average molecular weight is 359 g/mol. The highest BCUT2D eigenvalue weighted by Gasteiger charge is 2.20. The average Bonchev–Trinajstić information content (AvgIpc) is 2.99. The lowest BCUT2D eigenvalue weighted by Crippen LogP contribution is -2.09. The minimum atomic E-state index is -2.95. The SMILES string of the molecule is CNc1c(Cl)ncnc1NCc1cc2c(cc1OC(F)F)OCO2. The summed E-state index contributed by atoms with van der Waals surface area (Å²) in [7, 11) is 1.67. The lowest BCUT2D eigenvalue weighted by molar-refractivity contribution is -0.0504. The Hall–Kier alpha value is -2.55. The van der Waals surface area contributed by atoms with E-state index < -0.39 is 6.61 Å². The van der Waals surface area contributed by atoms with Gasteiger partial charge in [0, 0.05) is 25.2 Å². The Kier molecular flexibility index (Phi) is 4.70. The lowest BCUT2D eigenvalue weighted by atomic mass is 10.1. The van der Waals surface area contributed by atoms with Crippen molar-refractivity contribution in [1.82, 2.24) is 9.97 Å². The van der Waals surface area contributed by atoms with Crippen LogP contribution in [0.15, 0.2) is 18.5 Å². The van der Waals surface area contributed by atoms with Gasteiger partial charge in [-0.2, -0.15) is 8.78 Å². The first-order valence-corrected chi connectivity index (χ1v) is 7.25. The maximum Gasteiger partial charge on any atom is 0.387 e. The summed E-state index contributed by atoms with van der Waals surface area (Å²) in [6, 6.07) is 2.95. The second-order valence-corrected chi connectivity index (χ2v) is 5.04. The maximum absolute atomic E-state index is 12.6. The second-order valence-electron chi connectivity index (χ2n) is 4.68. The van der Waals surface area contributed by atoms with E-state index in [1.54, 1.807) is 13.1 Å². The van der Waals surface area contributed by atoms with Gasteiger partial charge >= 0.3 is 6.61 Å². The zero-order valence-electron chi connectivity index (χ0n) is 12.5. The fourth-order valence-electron chi connectivity index (χ4n) is 2.21. The number of benzene rings is 1. The highest BCUT2D eigenvalue weighted by Crippen LogP contribution is 2.39. The molecule has 0 spiro atoms. The molecule has 3 rings (SSSR count). The van der Waals surface area contributed by atoms with Crippen LogP contribution in [-0.4, -0.2) is 30.4 Å². The number of aromatic nitrogens is 2. The highest BCUT2D eigenvalue weighted by molar-refractivity contribution is 6.32. The fourth-order valence-corrected chi connectivity index (χ4v) is 2.44. The van der Waals surface area contributed by atoms with Crippen molar-refractivity contribution in [2.75, 3.05) is 24.5 Å². The van der Waals surface area contributed by atoms with Crippen molar-refractivity contribution in [2.24, 2.45) is 0 Å². The van der Waals surface area contributed by atoms with Gasteiger partial charge in [0.15, 0.2) is 22.5 Å². The molecule has 0 saturated carbocycles. The van der Waals surface area contributed by atoms with Crippen molar-refractivity contribution >= 4 is 23.1 Å². The van der Waals surface area contributed by atoms with E-state index >= 15 is 0 Å². The summed E-state index contributed by atoms with van der Waals surface area (Å²) >= 11 is 5.97. The zero-order valence-corrected chi connectivity index (χ0v) is 13.2. The molecule has 1 aromatic carbocycles. The number of alkyl halides is 2. The van der Waals surface area contributed by atoms with Gasteiger partial charge < -0.3 is 24.8 Å². The summed E-state index contributed by atoms with van der Waals surface area (Å²) in [4.78, 5) is 7.94. The number of rotatable bonds is 6. The third kappa shape index (κ3) is 3.35. The molecule has 24 heavy (non-hydrogen) atoms. The van der Waals surface area contributed by atoms with Crippen LogP contribution in [0, 0.1) is 0 Å². The van der Waals surface area contributed by atoms with Gasteiger partial charge in [-0.05, 0) is 6.07 Å². The standard InChI is InChI=1S/C14H13ClF2N4O3/c1-18-11-12(15)20-5-21-13(11)19-4-7-2-9-10(23-6-22-9)3-8(7)24-14(16)17/h2-3,5,14,18H,4,6H2,1H3,(H,19,20,21). The molecule has 1 aliphatic heterocycles. The predicted molar refractivity (Wildman–Crippen MR) is 83.1 cm³/mol. The summed E-state index contributed by atoms with van der Waals surface area (Å²) in [5.74, 6) is 1.24. The molecule has 2 aromatic rings. The first-order valence-electron chi connectivity index (χ1n) is 6.88. The molecule has 2 N–H and O–H groups in total. The van der Waals surface area contributed by atoms with Gasteiger partial charge in [-0.15, -0.1) is 0 Å². The molecule has 0 radical (unpaired) electrons. The number of nitrogens with zero attached hydrogens (tertiary/aromatic N) is 2. The van der Waals surface area contributed by atoms with Gasteiger partial charge in [0.2, 0.25) is 6.79 Å². The third-order valence-corrected chi connectivity index (χ3v) is 3.56. The molecule has 10 heteroatoms. The molecular formula is C14H13ClF2N4O3. The van der Waals surface area contributed by atoms with Gasteiger partial charge in [-0.1, -0.05) is 11.6 Å². The van der Waals surface area contributed by atoms with Crippen LogP contribution in [0.5, 0.6) is 17.2 Å². The van der Waals surface area contributed by atoms with Crippen LogP contribution in [0.1, 0.15) is 5.56 Å². The minimum absolute atomic E-state index is 0.00656. The summed E-state index contributed by atoms with van der Waals surface area (Å²) < 4.78 is 40.2. The smallest absolute Gasteiger partial charge is 0.387 e. The Morgan fingerprint density at radius 3 is 2.75 bits per heavy atom. The second kappa shape index (κ2) is 6.91. The van der Waals surface area contributed by atoms with Crippen LogP contribution in [0.4, 0.5) is 20.3 Å². The summed E-state index contributed by atoms with van der Waals surface area (Å²) in [6.45, 7) is -2.77. The molecule has 0 atom stereocenters. The molecule has 7 nitrogen and oxygen atoms in total. The first-order chi connectivity index (χ1) is 11.6. The van der Waals surface area contributed by atoms with E-state index in [0.29, 0.717) is 28.6 Å². The van der Waals surface area contributed by atoms with E-state index in [1.807, 2.05) is 0 Å². The van der Waals surface area contributed by atoms with E-state index in [-0.39, 0.29) is 24.2 Å². The number of nitrogens with one attached hydrogen (secondary N) is 2. The summed E-state index contributed by atoms with van der Waals surface area (Å²) in [6.07, 6.45) is 1.29. The van der Waals surface area contributed by atoms with Crippen molar-refractivity contribution in [2.45, 2.75) is 13.2 Å². The molecular weight excluding hydrogens is 346 g/mol. The Balaban J connectivity index is 1.85. The van der Waals surface area contributed by atoms with E-state index in [0.717, 1.165) is 0 Å². The Morgan fingerprint density at radius 2 is 2.04 bits per heavy atom. The van der Waals surface area contributed by atoms with Crippen molar-refractivity contribution in [3.63, 3.8) is 0 Å². The van der Waals surface area contributed by atoms with Crippen LogP contribution in [-0.2, 0) is 6.54 Å². The van der Waals surface area contributed by atoms with Crippen LogP contribution in [0.3, 0.4) is 0 Å². The van der Waals surface area contributed by atoms with Gasteiger partial charge in [0.1, 0.15) is 17.8 Å². The van der Waals surface area contributed by atoms with E-state index in [1.165, 1.54) is 12.4 Å². The molecule has 0 aliphatic carbocycles. The largest absolute Gasteiger partial charge is 0.454 e. The highest BCUT2D eigenvalue weighted by atomic mass is 35.5. The molecule has 1 aromatic heterocycles. The maximum atomic E-state index is 12.6. The number of anilines is 2. The van der Waals surface area contributed by atoms with Crippen molar-refractivity contribution < 1.29 is 23.0 Å². The van der Waals surface area contributed by atoms with Gasteiger partial charge in [-0.25, -0.2) is 9.97 Å². The van der Waals surface area contributed by atoms with Crippen molar-refractivity contribution in [1.29, 1.82) is 0 Å². The zero-order chi connectivity index (χ0) is 17.1. The topological polar surface area (TPSA) is 77.5 Å². The molecule has 2 heterocycles. The Morgan fingerprint density at radius 1 is 1.29 bits per heavy atom. The van der Waals surface area contributed by atoms with Crippen LogP contribution in [0.2, 0.25) is 5.15 Å². The summed E-state index contributed by atoms with van der Waals surface area (Å²) in [5, 5.41) is 6.12. The normalized spacial score (nSPS) is 12.4. The van der Waals surface area contributed by atoms with Crippen LogP contribution in [0.25, 0.3) is 0 Å². The lowest BCUT2D eigenvalue weighted by Gasteiger charge is -2.14. The number of halogens is 3. The summed E-state index contributed by atoms with van der Waals surface area (Å²) in [5.41, 5.74) is 0.951. The molecule has 128 valence electrons. The van der Waals surface area contributed by atoms with Gasteiger partial charge in [-0.3, -0.25) is 0 Å². The molecule has 1 aliphatic rings. The predicted octanol–water partition coefficient (Wildman–Crippen LogP) is 3.11. The number of fused-ring (bicyclic) bond motifs is 1. The Labute approximate surface area is 140 Å². The fraction of sp³-hybridized carbons (Fsp3) is 0.286. The number of hydrogen-bond donors (Lipinski definition) is 2. The Bertz CT molecular complexity index is 748. The molecule has 0 fully saturated rings.